The van der Waals surface area contributed by atoms with Crippen molar-refractivity contribution in [1.29, 1.82) is 0 Å². The molecule has 0 aliphatic carbocycles. The van der Waals surface area contributed by atoms with Crippen LogP contribution in [0.25, 0.3) is 34.0 Å². The third-order valence-electron chi connectivity index (χ3n) is 4.14. The van der Waals surface area contributed by atoms with Gasteiger partial charge in [0, 0.05) is 17.2 Å². The summed E-state index contributed by atoms with van der Waals surface area (Å²) in [7, 11) is 0. The fourth-order valence-electron chi connectivity index (χ4n) is 2.77. The number of hydrogen-bond acceptors (Lipinski definition) is 5. The third-order valence-corrected chi connectivity index (χ3v) is 4.51. The first-order chi connectivity index (χ1) is 14.2. The topological polar surface area (TPSA) is 65.0 Å². The molecule has 0 fully saturated rings. The van der Waals surface area contributed by atoms with Crippen LogP contribution in [0.15, 0.2) is 57.6 Å². The number of benzene rings is 2. The van der Waals surface area contributed by atoms with Crippen LogP contribution >= 0.6 is 23.2 Å². The minimum atomic E-state index is -4.74. The molecule has 0 aliphatic rings. The summed E-state index contributed by atoms with van der Waals surface area (Å²) in [6.45, 7) is 0. The van der Waals surface area contributed by atoms with E-state index < -0.39 is 28.0 Å². The van der Waals surface area contributed by atoms with Gasteiger partial charge in [-0.2, -0.15) is 18.2 Å². The maximum Gasteiger partial charge on any atom is 0.417 e. The minimum absolute atomic E-state index is 0.0441. The monoisotopic (exact) mass is 457 g/mol. The first-order valence-electron chi connectivity index (χ1n) is 8.29. The summed E-state index contributed by atoms with van der Waals surface area (Å²) in [6.07, 6.45) is -4.74. The zero-order valence-corrected chi connectivity index (χ0v) is 16.1. The summed E-state index contributed by atoms with van der Waals surface area (Å²) in [5.74, 6) is -0.599. The van der Waals surface area contributed by atoms with E-state index in [2.05, 4.69) is 15.3 Å². The molecule has 0 unspecified atom stereocenters. The largest absolute Gasteiger partial charge is 0.417 e. The standard InChI is InChI=1S/C19H9Cl2F4N3O2/c20-16(21)18-26-17(28-30-18)10-6-4-9(5-7-10)14-8-13(27-29-14)15-11(19(23,24)25)2-1-3-12(15)22/h1-8,16H. The van der Waals surface area contributed by atoms with Crippen molar-refractivity contribution >= 4 is 23.2 Å². The van der Waals surface area contributed by atoms with Gasteiger partial charge in [-0.25, -0.2) is 4.39 Å². The minimum Gasteiger partial charge on any atom is -0.356 e. The summed E-state index contributed by atoms with van der Waals surface area (Å²) in [6, 6.07) is 10.4. The van der Waals surface area contributed by atoms with Crippen molar-refractivity contribution in [2.75, 3.05) is 0 Å². The van der Waals surface area contributed by atoms with Crippen molar-refractivity contribution in [2.24, 2.45) is 0 Å². The van der Waals surface area contributed by atoms with Crippen LogP contribution in [0.1, 0.15) is 16.3 Å². The van der Waals surface area contributed by atoms with Gasteiger partial charge in [-0.05, 0) is 12.1 Å². The van der Waals surface area contributed by atoms with Crippen molar-refractivity contribution < 1.29 is 26.6 Å². The van der Waals surface area contributed by atoms with Crippen LogP contribution in [0.4, 0.5) is 17.6 Å². The molecule has 0 radical (unpaired) electrons. The predicted molar refractivity (Wildman–Crippen MR) is 100 cm³/mol. The van der Waals surface area contributed by atoms with E-state index in [9.17, 15) is 17.6 Å². The molecule has 0 bridgehead atoms. The smallest absolute Gasteiger partial charge is 0.356 e. The summed E-state index contributed by atoms with van der Waals surface area (Å²) < 4.78 is 63.9. The maximum atomic E-state index is 14.2. The Bertz CT molecular complexity index is 1190. The van der Waals surface area contributed by atoms with Gasteiger partial charge in [-0.1, -0.05) is 63.8 Å². The third kappa shape index (κ3) is 3.90. The van der Waals surface area contributed by atoms with Crippen molar-refractivity contribution in [1.82, 2.24) is 15.3 Å². The molecule has 154 valence electrons. The Morgan fingerprint density at radius 1 is 0.900 bits per heavy atom. The van der Waals surface area contributed by atoms with E-state index in [0.29, 0.717) is 11.1 Å². The van der Waals surface area contributed by atoms with Crippen molar-refractivity contribution in [2.45, 2.75) is 11.0 Å². The average molecular weight is 458 g/mol. The Hall–Kier alpha value is -2.91. The van der Waals surface area contributed by atoms with Gasteiger partial charge in [-0.15, -0.1) is 0 Å². The van der Waals surface area contributed by atoms with Gasteiger partial charge in [0.1, 0.15) is 11.5 Å². The van der Waals surface area contributed by atoms with Crippen LogP contribution in [-0.4, -0.2) is 15.3 Å². The quantitative estimate of drug-likeness (QED) is 0.252. The molecule has 11 heteroatoms. The summed E-state index contributed by atoms with van der Waals surface area (Å²) in [5.41, 5.74) is -0.998. The SMILES string of the molecule is Fc1cccc(C(F)(F)F)c1-c1cc(-c2ccc(-c3noc(C(Cl)Cl)n3)cc2)on1. The highest BCUT2D eigenvalue weighted by atomic mass is 35.5. The highest BCUT2D eigenvalue weighted by molar-refractivity contribution is 6.43. The predicted octanol–water partition coefficient (Wildman–Crippen LogP) is 6.69. The highest BCUT2D eigenvalue weighted by Crippen LogP contribution is 2.39. The number of rotatable bonds is 4. The van der Waals surface area contributed by atoms with E-state index in [1.807, 2.05) is 0 Å². The molecule has 2 heterocycles. The van der Waals surface area contributed by atoms with Crippen molar-refractivity contribution in [3.8, 4) is 34.0 Å². The second-order valence-corrected chi connectivity index (χ2v) is 7.17. The van der Waals surface area contributed by atoms with Crippen LogP contribution in [0, 0.1) is 5.82 Å². The van der Waals surface area contributed by atoms with E-state index in [-0.39, 0.29) is 23.2 Å². The first kappa shape index (κ1) is 20.4. The fraction of sp³-hybridized carbons (Fsp3) is 0.105. The lowest BCUT2D eigenvalue weighted by Gasteiger charge is -2.11. The molecular formula is C19H9Cl2F4N3O2. The molecule has 4 aromatic rings. The summed E-state index contributed by atoms with van der Waals surface area (Å²) in [5, 5.41) is 7.37. The van der Waals surface area contributed by atoms with E-state index in [0.717, 1.165) is 18.2 Å². The van der Waals surface area contributed by atoms with Gasteiger partial charge in [0.2, 0.25) is 5.82 Å². The van der Waals surface area contributed by atoms with Gasteiger partial charge in [0.25, 0.3) is 5.89 Å². The number of nitrogens with zero attached hydrogens (tertiary/aromatic N) is 3. The molecule has 0 saturated carbocycles. The van der Waals surface area contributed by atoms with Crippen LogP contribution in [0.5, 0.6) is 0 Å². The lowest BCUT2D eigenvalue weighted by Crippen LogP contribution is -2.08. The molecule has 0 aliphatic heterocycles. The fourth-order valence-corrected chi connectivity index (χ4v) is 2.95. The lowest BCUT2D eigenvalue weighted by atomic mass is 10.0. The number of aromatic nitrogens is 3. The molecule has 2 aromatic carbocycles. The van der Waals surface area contributed by atoms with Gasteiger partial charge >= 0.3 is 6.18 Å². The molecule has 0 atom stereocenters. The Morgan fingerprint density at radius 2 is 1.60 bits per heavy atom. The molecule has 0 spiro atoms. The van der Waals surface area contributed by atoms with Crippen LogP contribution in [0.2, 0.25) is 0 Å². The maximum absolute atomic E-state index is 14.2. The van der Waals surface area contributed by atoms with E-state index in [1.165, 1.54) is 6.07 Å². The lowest BCUT2D eigenvalue weighted by molar-refractivity contribution is -0.137. The average Bonchev–Trinajstić information content (AvgIpc) is 3.37. The highest BCUT2D eigenvalue weighted by Gasteiger charge is 2.36. The molecule has 5 nitrogen and oxygen atoms in total. The van der Waals surface area contributed by atoms with Gasteiger partial charge in [0.05, 0.1) is 11.1 Å². The summed E-state index contributed by atoms with van der Waals surface area (Å²) >= 11 is 11.3. The van der Waals surface area contributed by atoms with Crippen LogP contribution in [0.3, 0.4) is 0 Å². The molecule has 0 amide bonds. The van der Waals surface area contributed by atoms with Gasteiger partial charge in [0.15, 0.2) is 10.6 Å². The van der Waals surface area contributed by atoms with Gasteiger partial charge in [-0.3, -0.25) is 0 Å². The Kier molecular flexibility index (Phi) is 5.25. The van der Waals surface area contributed by atoms with Crippen LogP contribution in [-0.2, 0) is 6.18 Å². The van der Waals surface area contributed by atoms with E-state index in [1.54, 1.807) is 24.3 Å². The van der Waals surface area contributed by atoms with Crippen molar-refractivity contribution in [3.05, 3.63) is 65.8 Å². The van der Waals surface area contributed by atoms with Gasteiger partial charge < -0.3 is 9.05 Å². The zero-order chi connectivity index (χ0) is 21.5. The number of halogens is 6. The molecule has 0 N–H and O–H groups in total. The second-order valence-electron chi connectivity index (χ2n) is 6.07. The molecule has 0 saturated heterocycles. The van der Waals surface area contributed by atoms with Crippen molar-refractivity contribution in [3.63, 3.8) is 0 Å². The number of hydrogen-bond donors (Lipinski definition) is 0. The normalized spacial score (nSPS) is 12.0. The number of alkyl halides is 5. The van der Waals surface area contributed by atoms with Crippen LogP contribution < -0.4 is 0 Å². The molecule has 30 heavy (non-hydrogen) atoms. The van der Waals surface area contributed by atoms with E-state index >= 15 is 0 Å². The Balaban J connectivity index is 1.65. The Labute approximate surface area is 176 Å². The second kappa shape index (κ2) is 7.73. The Morgan fingerprint density at radius 3 is 2.23 bits per heavy atom. The molecule has 2 aromatic heterocycles. The first-order valence-corrected chi connectivity index (χ1v) is 9.16. The zero-order valence-electron chi connectivity index (χ0n) is 14.6. The summed E-state index contributed by atoms with van der Waals surface area (Å²) in [4.78, 5) is 3.08. The van der Waals surface area contributed by atoms with E-state index in [4.69, 9.17) is 32.2 Å². The molecule has 4 rings (SSSR count). The molecular weight excluding hydrogens is 449 g/mol.